The first-order chi connectivity index (χ1) is 14.6. The van der Waals surface area contributed by atoms with Crippen LogP contribution in [0.3, 0.4) is 0 Å². The number of benzene rings is 1. The van der Waals surface area contributed by atoms with Gasteiger partial charge in [-0.2, -0.15) is 0 Å². The summed E-state index contributed by atoms with van der Waals surface area (Å²) in [5.41, 5.74) is 0.914. The summed E-state index contributed by atoms with van der Waals surface area (Å²) in [4.78, 5) is 30.7. The van der Waals surface area contributed by atoms with E-state index >= 15 is 0 Å². The minimum atomic E-state index is -0.424. The summed E-state index contributed by atoms with van der Waals surface area (Å²) in [6.07, 6.45) is 1.31. The zero-order chi connectivity index (χ0) is 21.3. The molecule has 0 aliphatic carbocycles. The lowest BCUT2D eigenvalue weighted by molar-refractivity contribution is -0.384. The molecule has 0 saturated carbocycles. The third-order valence-corrected chi connectivity index (χ3v) is 4.66. The quantitative estimate of drug-likeness (QED) is 0.334. The number of nitrogens with zero attached hydrogens (tertiary/aromatic N) is 4. The lowest BCUT2D eigenvalue weighted by Crippen LogP contribution is -2.53. The molecule has 1 aliphatic rings. The molecule has 160 valence electrons. The van der Waals surface area contributed by atoms with Crippen LogP contribution in [0.1, 0.15) is 18.2 Å². The van der Waals surface area contributed by atoms with Crippen molar-refractivity contribution in [3.05, 3.63) is 64.1 Å². The number of ether oxygens (including phenoxy) is 1. The molecular weight excluding hydrogens is 390 g/mol. The third kappa shape index (κ3) is 5.72. The first-order valence-electron chi connectivity index (χ1n) is 9.77. The second-order valence-electron chi connectivity index (χ2n) is 6.67. The number of aliphatic imine (C=N–C) groups is 1. The third-order valence-electron chi connectivity index (χ3n) is 4.66. The van der Waals surface area contributed by atoms with Crippen molar-refractivity contribution in [3.8, 4) is 0 Å². The van der Waals surface area contributed by atoms with Gasteiger partial charge in [0.1, 0.15) is 5.76 Å². The Balaban J connectivity index is 1.66. The molecule has 1 fully saturated rings. The summed E-state index contributed by atoms with van der Waals surface area (Å²) in [5.74, 6) is 1.47. The number of furan rings is 1. The van der Waals surface area contributed by atoms with Crippen LogP contribution in [0.4, 0.5) is 10.5 Å². The summed E-state index contributed by atoms with van der Waals surface area (Å²) < 4.78 is 10.4. The van der Waals surface area contributed by atoms with Crippen LogP contribution >= 0.6 is 0 Å². The van der Waals surface area contributed by atoms with Crippen molar-refractivity contribution >= 4 is 17.7 Å². The molecule has 1 N–H and O–H groups in total. The van der Waals surface area contributed by atoms with Gasteiger partial charge in [-0.15, -0.1) is 0 Å². The predicted octanol–water partition coefficient (Wildman–Crippen LogP) is 2.61. The molecule has 0 radical (unpaired) electrons. The van der Waals surface area contributed by atoms with Gasteiger partial charge in [0.2, 0.25) is 0 Å². The molecule has 1 amide bonds. The highest BCUT2D eigenvalue weighted by Crippen LogP contribution is 2.13. The van der Waals surface area contributed by atoms with Crippen LogP contribution in [0.5, 0.6) is 0 Å². The number of amides is 1. The second kappa shape index (κ2) is 10.3. The van der Waals surface area contributed by atoms with Crippen LogP contribution in [0, 0.1) is 10.1 Å². The van der Waals surface area contributed by atoms with Gasteiger partial charge in [0, 0.05) is 38.3 Å². The van der Waals surface area contributed by atoms with E-state index in [1.165, 1.54) is 12.1 Å². The number of nitro groups is 1. The van der Waals surface area contributed by atoms with Crippen LogP contribution in [0.25, 0.3) is 0 Å². The van der Waals surface area contributed by atoms with Crippen molar-refractivity contribution in [2.75, 3.05) is 32.8 Å². The molecular formula is C20H25N5O5. The van der Waals surface area contributed by atoms with Gasteiger partial charge < -0.3 is 24.3 Å². The standard InChI is InChI=1S/C20H25N5O5/c1-2-29-20(26)24-11-9-23(10-12-24)19(22-15-18-4-3-13-30-18)21-14-16-5-7-17(8-6-16)25(27)28/h3-8,13H,2,9-12,14-15H2,1H3,(H,21,22). The lowest BCUT2D eigenvalue weighted by Gasteiger charge is -2.36. The minimum Gasteiger partial charge on any atom is -0.467 e. The van der Waals surface area contributed by atoms with E-state index in [1.54, 1.807) is 30.2 Å². The maximum absolute atomic E-state index is 11.9. The maximum Gasteiger partial charge on any atom is 0.409 e. The van der Waals surface area contributed by atoms with Crippen molar-refractivity contribution in [1.82, 2.24) is 15.1 Å². The van der Waals surface area contributed by atoms with E-state index in [9.17, 15) is 14.9 Å². The highest BCUT2D eigenvalue weighted by Gasteiger charge is 2.24. The molecule has 0 spiro atoms. The zero-order valence-electron chi connectivity index (χ0n) is 16.8. The number of hydrogen-bond donors (Lipinski definition) is 1. The molecule has 2 aromatic rings. The van der Waals surface area contributed by atoms with Crippen LogP contribution in [0.15, 0.2) is 52.1 Å². The topological polar surface area (TPSA) is 113 Å². The Kier molecular flexibility index (Phi) is 7.25. The van der Waals surface area contributed by atoms with Crippen molar-refractivity contribution < 1.29 is 18.9 Å². The number of rotatable bonds is 6. The Labute approximate surface area is 174 Å². The van der Waals surface area contributed by atoms with Crippen molar-refractivity contribution in [2.45, 2.75) is 20.0 Å². The maximum atomic E-state index is 11.9. The summed E-state index contributed by atoms with van der Waals surface area (Å²) in [5, 5.41) is 14.1. The largest absolute Gasteiger partial charge is 0.467 e. The van der Waals surface area contributed by atoms with E-state index in [4.69, 9.17) is 9.15 Å². The van der Waals surface area contributed by atoms with Gasteiger partial charge in [-0.25, -0.2) is 9.79 Å². The Morgan fingerprint density at radius 1 is 1.20 bits per heavy atom. The fraction of sp³-hybridized carbons (Fsp3) is 0.400. The predicted molar refractivity (Wildman–Crippen MR) is 110 cm³/mol. The average Bonchev–Trinajstić information content (AvgIpc) is 3.28. The van der Waals surface area contributed by atoms with Crippen molar-refractivity contribution in [3.63, 3.8) is 0 Å². The Morgan fingerprint density at radius 2 is 1.90 bits per heavy atom. The molecule has 0 bridgehead atoms. The summed E-state index contributed by atoms with van der Waals surface area (Å²) >= 11 is 0. The number of non-ortho nitro benzene ring substituents is 1. The van der Waals surface area contributed by atoms with E-state index in [0.29, 0.717) is 51.8 Å². The number of nitro benzene ring substituents is 1. The molecule has 0 atom stereocenters. The van der Waals surface area contributed by atoms with E-state index in [-0.39, 0.29) is 11.8 Å². The lowest BCUT2D eigenvalue weighted by atomic mass is 10.2. The normalized spacial score (nSPS) is 14.5. The highest BCUT2D eigenvalue weighted by molar-refractivity contribution is 5.80. The van der Waals surface area contributed by atoms with Crippen molar-refractivity contribution in [1.29, 1.82) is 0 Å². The molecule has 1 aliphatic heterocycles. The van der Waals surface area contributed by atoms with Crippen molar-refractivity contribution in [2.24, 2.45) is 4.99 Å². The number of nitrogens with one attached hydrogen (secondary N) is 1. The molecule has 0 unspecified atom stereocenters. The average molecular weight is 415 g/mol. The van der Waals surface area contributed by atoms with Gasteiger partial charge >= 0.3 is 6.09 Å². The first-order valence-corrected chi connectivity index (χ1v) is 9.77. The van der Waals surface area contributed by atoms with Gasteiger partial charge in [0.15, 0.2) is 5.96 Å². The SMILES string of the molecule is CCOC(=O)N1CCN(C(=NCc2ccc([N+](=O)[O-])cc2)NCc2ccco2)CC1. The Bertz CT molecular complexity index is 858. The Morgan fingerprint density at radius 3 is 2.50 bits per heavy atom. The van der Waals surface area contributed by atoms with Crippen LogP contribution in [0.2, 0.25) is 0 Å². The van der Waals surface area contributed by atoms with E-state index in [0.717, 1.165) is 11.3 Å². The summed E-state index contributed by atoms with van der Waals surface area (Å²) in [7, 11) is 0. The molecule has 10 nitrogen and oxygen atoms in total. The summed E-state index contributed by atoms with van der Waals surface area (Å²) in [6, 6.07) is 10.0. The molecule has 1 saturated heterocycles. The number of guanidine groups is 1. The van der Waals surface area contributed by atoms with Gasteiger partial charge in [-0.05, 0) is 24.6 Å². The fourth-order valence-corrected chi connectivity index (χ4v) is 3.05. The molecule has 3 rings (SSSR count). The monoisotopic (exact) mass is 415 g/mol. The molecule has 30 heavy (non-hydrogen) atoms. The van der Waals surface area contributed by atoms with Gasteiger partial charge in [-0.3, -0.25) is 10.1 Å². The zero-order valence-corrected chi connectivity index (χ0v) is 16.8. The highest BCUT2D eigenvalue weighted by atomic mass is 16.6. The molecule has 2 heterocycles. The van der Waals surface area contributed by atoms with Crippen LogP contribution in [-0.4, -0.2) is 59.6 Å². The summed E-state index contributed by atoms with van der Waals surface area (Å²) in [6.45, 7) is 5.30. The van der Waals surface area contributed by atoms with Crippen LogP contribution in [-0.2, 0) is 17.8 Å². The smallest absolute Gasteiger partial charge is 0.409 e. The molecule has 1 aromatic carbocycles. The van der Waals surface area contributed by atoms with Gasteiger partial charge in [0.25, 0.3) is 5.69 Å². The second-order valence-corrected chi connectivity index (χ2v) is 6.67. The van der Waals surface area contributed by atoms with E-state index in [1.807, 2.05) is 12.1 Å². The number of piperazine rings is 1. The van der Waals surface area contributed by atoms with Crippen LogP contribution < -0.4 is 5.32 Å². The van der Waals surface area contributed by atoms with Gasteiger partial charge in [-0.1, -0.05) is 12.1 Å². The van der Waals surface area contributed by atoms with Gasteiger partial charge in [0.05, 0.1) is 30.9 Å². The fourth-order valence-electron chi connectivity index (χ4n) is 3.05. The number of hydrogen-bond acceptors (Lipinski definition) is 6. The van der Waals surface area contributed by atoms with E-state index < -0.39 is 4.92 Å². The first kappa shape index (κ1) is 21.2. The van der Waals surface area contributed by atoms with E-state index in [2.05, 4.69) is 15.2 Å². The molecule has 10 heteroatoms. The molecule has 1 aromatic heterocycles. The Hall–Kier alpha value is -3.56. The minimum absolute atomic E-state index is 0.0500. The number of carbonyl (C=O) groups excluding carboxylic acids is 1. The number of carbonyl (C=O) groups is 1.